The predicted molar refractivity (Wildman–Crippen MR) is 246 cm³/mol. The van der Waals surface area contributed by atoms with Crippen molar-refractivity contribution in [2.24, 2.45) is 11.8 Å². The zero-order chi connectivity index (χ0) is 48.5. The second-order valence-electron chi connectivity index (χ2n) is 15.4. The molecule has 2 amide bonds. The van der Waals surface area contributed by atoms with Gasteiger partial charge in [0.25, 0.3) is 31.9 Å². The number of rotatable bonds is 15. The second kappa shape index (κ2) is 21.3. The van der Waals surface area contributed by atoms with E-state index in [1.165, 1.54) is 84.9 Å². The summed E-state index contributed by atoms with van der Waals surface area (Å²) >= 11 is 6.13. The Morgan fingerprint density at radius 1 is 0.636 bits per heavy atom. The Morgan fingerprint density at radius 2 is 1.06 bits per heavy atom. The minimum absolute atomic E-state index is 0.00200. The molecule has 0 fully saturated rings. The molecule has 0 saturated heterocycles. The highest BCUT2D eigenvalue weighted by atomic mass is 35.5. The van der Waals surface area contributed by atoms with E-state index in [1.807, 2.05) is 37.1 Å². The van der Waals surface area contributed by atoms with E-state index in [4.69, 9.17) is 32.5 Å². The van der Waals surface area contributed by atoms with Crippen LogP contribution in [0.4, 0.5) is 26.2 Å². The van der Waals surface area contributed by atoms with Crippen molar-refractivity contribution < 1.29 is 44.7 Å². The fourth-order valence-corrected chi connectivity index (χ4v) is 7.75. The van der Waals surface area contributed by atoms with Gasteiger partial charge < -0.3 is 25.8 Å². The van der Waals surface area contributed by atoms with Gasteiger partial charge in [0.05, 0.1) is 35.7 Å². The number of carbonyl (C=O) groups is 2. The number of amides is 2. The van der Waals surface area contributed by atoms with E-state index in [-0.39, 0.29) is 56.3 Å². The van der Waals surface area contributed by atoms with Crippen molar-refractivity contribution in [2.45, 2.75) is 37.7 Å². The molecule has 4 aromatic heterocycles. The number of nitrogen functional groups attached to an aromatic ring is 2. The van der Waals surface area contributed by atoms with Gasteiger partial charge in [-0.3, -0.25) is 9.59 Å². The molecule has 2 aromatic carbocycles. The highest BCUT2D eigenvalue weighted by Gasteiger charge is 2.25. The van der Waals surface area contributed by atoms with E-state index < -0.39 is 48.5 Å². The number of hydrogen-bond donors (Lipinski definition) is 4. The number of carbonyl (C=O) groups excluding carboxylic acids is 2. The summed E-state index contributed by atoms with van der Waals surface area (Å²) in [4.78, 5) is 42.9. The topological polar surface area (TPSA) is 252 Å². The van der Waals surface area contributed by atoms with Gasteiger partial charge in [-0.05, 0) is 84.6 Å². The lowest BCUT2D eigenvalue weighted by Crippen LogP contribution is -2.32. The van der Waals surface area contributed by atoms with E-state index in [2.05, 4.69) is 19.9 Å². The van der Waals surface area contributed by atoms with Gasteiger partial charge >= 0.3 is 0 Å². The van der Waals surface area contributed by atoms with E-state index in [0.717, 1.165) is 0 Å². The summed E-state index contributed by atoms with van der Waals surface area (Å²) in [5.41, 5.74) is 12.4. The van der Waals surface area contributed by atoms with Crippen LogP contribution < -0.4 is 35.3 Å². The van der Waals surface area contributed by atoms with Crippen molar-refractivity contribution in [3.8, 4) is 34.0 Å². The molecule has 0 spiro atoms. The van der Waals surface area contributed by atoms with E-state index in [1.54, 1.807) is 31.1 Å². The summed E-state index contributed by atoms with van der Waals surface area (Å²) in [5.74, 6) is -1.53. The van der Waals surface area contributed by atoms with Crippen molar-refractivity contribution >= 4 is 60.9 Å². The first-order chi connectivity index (χ1) is 31.0. The SMILES string of the molecule is CC(C)COc1cc(F)cc(-c2ccc(C(=O)NS(=O)(=O)c3cccc(N)n3)c(Cl)n2)c1.CC(C)COc1cc(F)cc(-c2ccc(C(=O)NS(=O)(=O)c3cccc(N)n3)c(N(C)C)n2)c1. The number of nitrogens with zero attached hydrogens (tertiary/aromatic N) is 5. The third-order valence-electron chi connectivity index (χ3n) is 8.63. The Balaban J connectivity index is 0.000000248. The number of aromatic nitrogens is 4. The number of hydrogen-bond acceptors (Lipinski definition) is 15. The number of ether oxygens (including phenoxy) is 2. The average molecular weight is 966 g/mol. The Hall–Kier alpha value is -6.97. The molecular weight excluding hydrogens is 920 g/mol. The molecule has 22 heteroatoms. The number of sulfonamides is 2. The van der Waals surface area contributed by atoms with Crippen LogP contribution in [0.3, 0.4) is 0 Å². The molecule has 348 valence electrons. The van der Waals surface area contributed by atoms with Gasteiger partial charge in [0.15, 0.2) is 10.1 Å². The van der Waals surface area contributed by atoms with Crippen molar-refractivity contribution in [1.82, 2.24) is 29.4 Å². The molecule has 4 heterocycles. The lowest BCUT2D eigenvalue weighted by molar-refractivity contribution is 0.0972. The fraction of sp³-hybridized carbons (Fsp3) is 0.227. The first-order valence-corrected chi connectivity index (χ1v) is 23.2. The van der Waals surface area contributed by atoms with Gasteiger partial charge in [-0.2, -0.15) is 16.8 Å². The first-order valence-electron chi connectivity index (χ1n) is 19.8. The lowest BCUT2D eigenvalue weighted by atomic mass is 10.1. The van der Waals surface area contributed by atoms with Crippen molar-refractivity contribution in [2.75, 3.05) is 43.7 Å². The van der Waals surface area contributed by atoms with E-state index in [9.17, 15) is 35.2 Å². The number of nitrogens with two attached hydrogens (primary N) is 2. The molecule has 6 rings (SSSR count). The van der Waals surface area contributed by atoms with Crippen LogP contribution in [0.2, 0.25) is 5.15 Å². The van der Waals surface area contributed by atoms with E-state index >= 15 is 0 Å². The largest absolute Gasteiger partial charge is 0.493 e. The van der Waals surface area contributed by atoms with Crippen molar-refractivity contribution in [3.05, 3.63) is 125 Å². The zero-order valence-electron chi connectivity index (χ0n) is 36.4. The maximum Gasteiger partial charge on any atom is 0.281 e. The van der Waals surface area contributed by atoms with Gasteiger partial charge in [-0.1, -0.05) is 51.4 Å². The Labute approximate surface area is 385 Å². The van der Waals surface area contributed by atoms with Crippen molar-refractivity contribution in [3.63, 3.8) is 0 Å². The summed E-state index contributed by atoms with van der Waals surface area (Å²) in [7, 11) is -5.23. The first kappa shape index (κ1) is 50.0. The molecule has 0 bridgehead atoms. The summed E-state index contributed by atoms with van der Waals surface area (Å²) in [6.45, 7) is 8.74. The van der Waals surface area contributed by atoms with Gasteiger partial charge in [0, 0.05) is 37.4 Å². The minimum Gasteiger partial charge on any atom is -0.493 e. The molecule has 0 aliphatic rings. The fourth-order valence-electron chi connectivity index (χ4n) is 5.62. The standard InChI is InChI=1S/C23H26FN5O4S.C21H20ClFN4O4S/c1-14(2)13-33-17-11-15(10-16(24)12-17)19-9-8-18(22(26-19)29(3)4)23(30)28-34(31,32)21-7-5-6-20(25)27-21;1-12(2)11-31-15-9-13(8-14(23)10-15)17-7-6-16(20(22)25-17)21(28)27-32(29,30)19-5-3-4-18(24)26-19/h5-12,14H,13H2,1-4H3,(H2,25,27)(H,28,30);3-10,12H,11H2,1-2H3,(H2,24,26)(H,27,28). The van der Waals surface area contributed by atoms with Gasteiger partial charge in [0.2, 0.25) is 0 Å². The zero-order valence-corrected chi connectivity index (χ0v) is 38.8. The molecule has 0 aliphatic heterocycles. The smallest absolute Gasteiger partial charge is 0.281 e. The molecule has 17 nitrogen and oxygen atoms in total. The highest BCUT2D eigenvalue weighted by molar-refractivity contribution is 7.90. The van der Waals surface area contributed by atoms with E-state index in [0.29, 0.717) is 41.5 Å². The van der Waals surface area contributed by atoms with Crippen LogP contribution in [-0.4, -0.2) is 75.9 Å². The quantitative estimate of drug-likeness (QED) is 0.0777. The number of pyridine rings is 4. The molecule has 0 atom stereocenters. The Bertz CT molecular complexity index is 2980. The molecule has 0 aliphatic carbocycles. The second-order valence-corrected chi connectivity index (χ2v) is 19.0. The number of nitrogens with one attached hydrogen (secondary N) is 2. The molecule has 0 saturated carbocycles. The highest BCUT2D eigenvalue weighted by Crippen LogP contribution is 2.30. The number of halogens is 3. The summed E-state index contributed by atoms with van der Waals surface area (Å²) in [5, 5.41) is -1.06. The van der Waals surface area contributed by atoms with Gasteiger partial charge in [-0.25, -0.2) is 38.2 Å². The van der Waals surface area contributed by atoms with Crippen LogP contribution in [0.25, 0.3) is 22.5 Å². The van der Waals surface area contributed by atoms with Gasteiger partial charge in [0.1, 0.15) is 45.7 Å². The van der Waals surface area contributed by atoms with Crippen molar-refractivity contribution in [1.29, 1.82) is 0 Å². The predicted octanol–water partition coefficient (Wildman–Crippen LogP) is 6.76. The third kappa shape index (κ3) is 13.5. The Kier molecular flexibility index (Phi) is 16.2. The molecule has 0 unspecified atom stereocenters. The lowest BCUT2D eigenvalue weighted by Gasteiger charge is -2.18. The minimum atomic E-state index is -4.28. The molecule has 66 heavy (non-hydrogen) atoms. The molecular formula is C44H46ClF2N9O8S2. The molecule has 0 radical (unpaired) electrons. The van der Waals surface area contributed by atoms with Crippen LogP contribution >= 0.6 is 11.6 Å². The average Bonchev–Trinajstić information content (AvgIpc) is 3.24. The van der Waals surface area contributed by atoms with Crippen LogP contribution in [-0.2, 0) is 20.0 Å². The van der Waals surface area contributed by atoms with Gasteiger partial charge in [-0.15, -0.1) is 0 Å². The third-order valence-corrected chi connectivity index (χ3v) is 11.4. The van der Waals surface area contributed by atoms with Crippen LogP contribution in [0.15, 0.2) is 107 Å². The van der Waals surface area contributed by atoms with Crippen LogP contribution in [0, 0.1) is 23.5 Å². The molecule has 6 N–H and O–H groups in total. The Morgan fingerprint density at radius 3 is 1.47 bits per heavy atom. The van der Waals surface area contributed by atoms with Crippen LogP contribution in [0.5, 0.6) is 11.5 Å². The summed E-state index contributed by atoms with van der Waals surface area (Å²) in [6, 6.07) is 22.1. The monoisotopic (exact) mass is 965 g/mol. The molecule has 6 aromatic rings. The number of anilines is 3. The summed E-state index contributed by atoms with van der Waals surface area (Å²) in [6.07, 6.45) is 0. The maximum atomic E-state index is 14.2. The number of benzene rings is 2. The maximum absolute atomic E-state index is 14.2. The normalized spacial score (nSPS) is 11.4. The van der Waals surface area contributed by atoms with Crippen LogP contribution in [0.1, 0.15) is 48.4 Å². The summed E-state index contributed by atoms with van der Waals surface area (Å²) < 4.78 is 93.2.